The molecule has 0 amide bonds. The summed E-state index contributed by atoms with van der Waals surface area (Å²) in [6.07, 6.45) is 15.4. The maximum atomic E-state index is 4.95. The Morgan fingerprint density at radius 1 is 0.660 bits per heavy atom. The number of hydrogen-bond acceptors (Lipinski definition) is 1. The fourth-order valence-corrected chi connectivity index (χ4v) is 8.95. The summed E-state index contributed by atoms with van der Waals surface area (Å²) in [6.45, 7) is 18.4. The zero-order valence-electron chi connectivity index (χ0n) is 28.8. The lowest BCUT2D eigenvalue weighted by molar-refractivity contribution is 0.704. The molecule has 242 valence electrons. The number of fused-ring (bicyclic) bond motifs is 5. The molecule has 2 aliphatic rings. The maximum Gasteiger partial charge on any atom is 0.0361 e. The minimum Gasteiger partial charge on any atom is -0.135 e. The summed E-state index contributed by atoms with van der Waals surface area (Å²) in [6, 6.07) is 39.6. The average Bonchev–Trinajstić information content (AvgIpc) is 3.65. The van der Waals surface area contributed by atoms with Crippen LogP contribution in [0.1, 0.15) is 60.1 Å². The normalized spacial score (nSPS) is 16.8. The van der Waals surface area contributed by atoms with E-state index < -0.39 is 0 Å². The minimum atomic E-state index is -0.160. The number of hydrogen-bond donors (Lipinski definition) is 0. The van der Waals surface area contributed by atoms with Gasteiger partial charge in [-0.05, 0) is 109 Å². The van der Waals surface area contributed by atoms with Gasteiger partial charge in [0.05, 0.1) is 0 Å². The lowest BCUT2D eigenvalue weighted by Crippen LogP contribution is -2.29. The molecule has 1 aromatic heterocycles. The van der Waals surface area contributed by atoms with Gasteiger partial charge in [-0.1, -0.05) is 155 Å². The third kappa shape index (κ3) is 5.30. The van der Waals surface area contributed by atoms with E-state index in [4.69, 9.17) is 6.58 Å². The van der Waals surface area contributed by atoms with Crippen molar-refractivity contribution in [2.75, 3.05) is 0 Å². The highest BCUT2D eigenvalue weighted by Gasteiger charge is 2.35. The van der Waals surface area contributed by atoms with Crippen LogP contribution in [0.25, 0.3) is 60.2 Å². The zero-order chi connectivity index (χ0) is 34.4. The lowest BCUT2D eigenvalue weighted by Gasteiger charge is -2.27. The SMILES string of the molecule is C=Cc1ccccc1C(=C)C1=c2cccc/c2=C(C(=C)c2cc3c(cc2C2=Cc4ccccc4C2(C)C)sc2ccccc23)/C=C/CCC=C1. The highest BCUT2D eigenvalue weighted by atomic mass is 32.1. The van der Waals surface area contributed by atoms with Crippen molar-refractivity contribution in [2.24, 2.45) is 0 Å². The number of allylic oxidation sites excluding steroid dienone is 7. The molecule has 8 rings (SSSR count). The molecule has 1 heterocycles. The molecule has 0 spiro atoms. The van der Waals surface area contributed by atoms with Crippen LogP contribution in [0.5, 0.6) is 0 Å². The Kier molecular flexibility index (Phi) is 8.10. The van der Waals surface area contributed by atoms with Gasteiger partial charge in [-0.15, -0.1) is 11.3 Å². The summed E-state index contributed by atoms with van der Waals surface area (Å²) < 4.78 is 2.61. The Hall–Kier alpha value is -5.50. The summed E-state index contributed by atoms with van der Waals surface area (Å²) >= 11 is 1.87. The largest absolute Gasteiger partial charge is 0.135 e. The molecule has 1 heteroatoms. The summed E-state index contributed by atoms with van der Waals surface area (Å²) in [5.41, 5.74) is 12.7. The molecule has 50 heavy (non-hydrogen) atoms. The molecule has 0 radical (unpaired) electrons. The van der Waals surface area contributed by atoms with Crippen LogP contribution in [0, 0.1) is 0 Å². The van der Waals surface area contributed by atoms with Crippen LogP contribution >= 0.6 is 11.3 Å². The van der Waals surface area contributed by atoms with Gasteiger partial charge < -0.3 is 0 Å². The molecule has 2 aliphatic carbocycles. The van der Waals surface area contributed by atoms with Crippen molar-refractivity contribution in [2.45, 2.75) is 32.1 Å². The molecule has 0 nitrogen and oxygen atoms in total. The molecule has 0 unspecified atom stereocenters. The Morgan fingerprint density at radius 3 is 2.00 bits per heavy atom. The standard InChI is InChI=1S/C49H40S/c1-6-34-19-11-13-21-36(34)32(2)37-22-9-7-8-10-23-38(40-25-15-14-24-39(37)40)33(3)42-30-44-41-26-16-18-28-47(41)50-48(44)31-43(42)46-29-35-20-12-17-27-45(35)49(46,4)5/h6,9-31H,1-3,7-8H2,4-5H3/b22-9?,23-10+,39-37?,40-38+. The zero-order valence-corrected chi connectivity index (χ0v) is 29.6. The summed E-state index contributed by atoms with van der Waals surface area (Å²) in [7, 11) is 0. The van der Waals surface area contributed by atoms with E-state index >= 15 is 0 Å². The topological polar surface area (TPSA) is 0 Å². The monoisotopic (exact) mass is 660 g/mol. The molecule has 0 saturated carbocycles. The molecule has 6 aromatic rings. The van der Waals surface area contributed by atoms with Crippen molar-refractivity contribution in [1.29, 1.82) is 0 Å². The van der Waals surface area contributed by atoms with Gasteiger partial charge in [-0.3, -0.25) is 0 Å². The van der Waals surface area contributed by atoms with Crippen molar-refractivity contribution < 1.29 is 0 Å². The van der Waals surface area contributed by atoms with Gasteiger partial charge in [0.1, 0.15) is 0 Å². The van der Waals surface area contributed by atoms with Crippen LogP contribution in [0.4, 0.5) is 0 Å². The smallest absolute Gasteiger partial charge is 0.0361 e. The van der Waals surface area contributed by atoms with Gasteiger partial charge in [0.15, 0.2) is 0 Å². The Labute approximate surface area is 299 Å². The van der Waals surface area contributed by atoms with Crippen molar-refractivity contribution in [3.63, 3.8) is 0 Å². The molecular weight excluding hydrogens is 621 g/mol. The van der Waals surface area contributed by atoms with Crippen LogP contribution in [0.15, 0.2) is 153 Å². The Bertz CT molecular complexity index is 2610. The maximum absolute atomic E-state index is 4.95. The quantitative estimate of drug-likeness (QED) is 0.167. The van der Waals surface area contributed by atoms with E-state index in [0.717, 1.165) is 56.7 Å². The van der Waals surface area contributed by atoms with E-state index in [-0.39, 0.29) is 5.41 Å². The molecule has 0 N–H and O–H groups in total. The first-order valence-electron chi connectivity index (χ1n) is 17.4. The van der Waals surface area contributed by atoms with E-state index in [0.29, 0.717) is 0 Å². The van der Waals surface area contributed by atoms with Crippen LogP contribution in [0.2, 0.25) is 0 Å². The van der Waals surface area contributed by atoms with Crippen LogP contribution < -0.4 is 10.4 Å². The minimum absolute atomic E-state index is 0.160. The second-order valence-corrected chi connectivity index (χ2v) is 14.8. The lowest BCUT2D eigenvalue weighted by atomic mass is 9.76. The van der Waals surface area contributed by atoms with E-state index in [1.54, 1.807) is 0 Å². The molecule has 0 aliphatic heterocycles. The van der Waals surface area contributed by atoms with Gasteiger partial charge >= 0.3 is 0 Å². The fraction of sp³-hybridized carbons (Fsp3) is 0.102. The molecule has 0 atom stereocenters. The summed E-state index contributed by atoms with van der Waals surface area (Å²) in [5, 5.41) is 4.87. The van der Waals surface area contributed by atoms with Crippen molar-refractivity contribution in [3.05, 3.63) is 197 Å². The van der Waals surface area contributed by atoms with Crippen molar-refractivity contribution >= 4 is 71.5 Å². The third-order valence-corrected chi connectivity index (χ3v) is 11.6. The van der Waals surface area contributed by atoms with Gasteiger partial charge in [0, 0.05) is 25.6 Å². The Morgan fingerprint density at radius 2 is 1.28 bits per heavy atom. The second kappa shape index (κ2) is 12.8. The molecule has 0 fully saturated rings. The first kappa shape index (κ1) is 31.7. The average molecular weight is 661 g/mol. The number of rotatable bonds is 6. The summed E-state index contributed by atoms with van der Waals surface area (Å²) in [5.74, 6) is 0. The highest BCUT2D eigenvalue weighted by molar-refractivity contribution is 7.25. The van der Waals surface area contributed by atoms with Crippen molar-refractivity contribution in [1.82, 2.24) is 0 Å². The molecule has 0 saturated heterocycles. The molecular formula is C49H40S. The predicted octanol–water partition coefficient (Wildman–Crippen LogP) is 12.2. The van der Waals surface area contributed by atoms with E-state index in [9.17, 15) is 0 Å². The van der Waals surface area contributed by atoms with E-state index in [1.807, 2.05) is 17.4 Å². The van der Waals surface area contributed by atoms with E-state index in [1.165, 1.54) is 48.0 Å². The van der Waals surface area contributed by atoms with Crippen LogP contribution in [-0.4, -0.2) is 0 Å². The van der Waals surface area contributed by atoms with Crippen LogP contribution in [0.3, 0.4) is 0 Å². The van der Waals surface area contributed by atoms with Gasteiger partial charge in [-0.2, -0.15) is 0 Å². The van der Waals surface area contributed by atoms with Gasteiger partial charge in [-0.25, -0.2) is 0 Å². The second-order valence-electron chi connectivity index (χ2n) is 13.8. The predicted molar refractivity (Wildman–Crippen MR) is 221 cm³/mol. The fourth-order valence-electron chi connectivity index (χ4n) is 7.82. The van der Waals surface area contributed by atoms with Crippen molar-refractivity contribution in [3.8, 4) is 0 Å². The number of benzene rings is 5. The van der Waals surface area contributed by atoms with Gasteiger partial charge in [0.25, 0.3) is 0 Å². The third-order valence-electron chi connectivity index (χ3n) is 10.5. The van der Waals surface area contributed by atoms with Crippen LogP contribution in [-0.2, 0) is 5.41 Å². The highest BCUT2D eigenvalue weighted by Crippen LogP contribution is 2.50. The Balaban J connectivity index is 1.43. The first-order chi connectivity index (χ1) is 24.4. The molecule has 0 bridgehead atoms. The number of thiophene rings is 1. The summed E-state index contributed by atoms with van der Waals surface area (Å²) in [4.78, 5) is 0. The van der Waals surface area contributed by atoms with E-state index in [2.05, 4.69) is 167 Å². The van der Waals surface area contributed by atoms with Gasteiger partial charge in [0.2, 0.25) is 0 Å². The first-order valence-corrected chi connectivity index (χ1v) is 18.2. The molecule has 5 aromatic carbocycles.